The molecule has 1 fully saturated rings. The van der Waals surface area contributed by atoms with Crippen molar-refractivity contribution in [3.8, 4) is 5.75 Å². The van der Waals surface area contributed by atoms with Crippen molar-refractivity contribution in [2.75, 3.05) is 13.7 Å². The highest BCUT2D eigenvalue weighted by Gasteiger charge is 2.33. The second kappa shape index (κ2) is 6.04. The van der Waals surface area contributed by atoms with Crippen LogP contribution in [0.25, 0.3) is 0 Å². The van der Waals surface area contributed by atoms with E-state index in [0.29, 0.717) is 6.42 Å². The number of hydrogen-bond donors (Lipinski definition) is 1. The van der Waals surface area contributed by atoms with E-state index in [0.717, 1.165) is 11.3 Å². The van der Waals surface area contributed by atoms with Crippen LogP contribution < -0.4 is 4.74 Å². The number of hydrogen-bond acceptors (Lipinski definition) is 5. The fourth-order valence-electron chi connectivity index (χ4n) is 2.24. The first-order valence-corrected chi connectivity index (χ1v) is 6.21. The molecule has 5 nitrogen and oxygen atoms in total. The molecule has 0 aromatic heterocycles. The van der Waals surface area contributed by atoms with Gasteiger partial charge in [0.1, 0.15) is 5.75 Å². The van der Waals surface area contributed by atoms with Crippen LogP contribution >= 0.6 is 0 Å². The van der Waals surface area contributed by atoms with E-state index in [2.05, 4.69) is 0 Å². The predicted octanol–water partition coefficient (Wildman–Crippen LogP) is 1.45. The third kappa shape index (κ3) is 3.24. The molecule has 0 spiro atoms. The zero-order chi connectivity index (χ0) is 13.8. The molecular weight excluding hydrogens is 248 g/mol. The highest BCUT2D eigenvalue weighted by molar-refractivity contribution is 5.66. The van der Waals surface area contributed by atoms with Gasteiger partial charge in [-0.15, -0.1) is 0 Å². The van der Waals surface area contributed by atoms with Crippen LogP contribution in [-0.2, 0) is 14.3 Å². The molecule has 0 aliphatic carbocycles. The van der Waals surface area contributed by atoms with Crippen molar-refractivity contribution in [3.63, 3.8) is 0 Å². The zero-order valence-electron chi connectivity index (χ0n) is 11.0. The molecule has 1 aromatic carbocycles. The molecule has 0 amide bonds. The minimum Gasteiger partial charge on any atom is -0.496 e. The number of ether oxygens (including phenoxy) is 3. The maximum atomic E-state index is 10.9. The van der Waals surface area contributed by atoms with E-state index in [1.807, 2.05) is 24.3 Å². The summed E-state index contributed by atoms with van der Waals surface area (Å²) in [4.78, 5) is 10.9. The molecule has 1 aliphatic rings. The van der Waals surface area contributed by atoms with Gasteiger partial charge >= 0.3 is 5.97 Å². The first-order valence-electron chi connectivity index (χ1n) is 6.21. The zero-order valence-corrected chi connectivity index (χ0v) is 11.0. The van der Waals surface area contributed by atoms with E-state index < -0.39 is 18.2 Å². The van der Waals surface area contributed by atoms with Gasteiger partial charge in [-0.1, -0.05) is 18.2 Å². The fraction of sp³-hybridized carbons (Fsp3) is 0.500. The Morgan fingerprint density at radius 2 is 2.16 bits per heavy atom. The minimum absolute atomic E-state index is 0.184. The monoisotopic (exact) mass is 266 g/mol. The number of benzene rings is 1. The molecule has 1 N–H and O–H groups in total. The molecular formula is C14H18O5. The Morgan fingerprint density at radius 3 is 2.79 bits per heavy atom. The summed E-state index contributed by atoms with van der Waals surface area (Å²) in [6, 6.07) is 7.53. The molecule has 1 saturated heterocycles. The maximum absolute atomic E-state index is 10.9. The summed E-state index contributed by atoms with van der Waals surface area (Å²) in [5.41, 5.74) is 0.894. The highest BCUT2D eigenvalue weighted by Crippen LogP contribution is 2.34. The summed E-state index contributed by atoms with van der Waals surface area (Å²) >= 11 is 0. The van der Waals surface area contributed by atoms with Crippen LogP contribution in [0.5, 0.6) is 5.75 Å². The van der Waals surface area contributed by atoms with Crippen molar-refractivity contribution in [3.05, 3.63) is 29.8 Å². The average Bonchev–Trinajstić information content (AvgIpc) is 2.40. The van der Waals surface area contributed by atoms with Gasteiger partial charge in [0.25, 0.3) is 0 Å². The van der Waals surface area contributed by atoms with Crippen molar-refractivity contribution >= 4 is 5.97 Å². The summed E-state index contributed by atoms with van der Waals surface area (Å²) in [5.74, 6) is 0.314. The molecule has 104 valence electrons. The Labute approximate surface area is 112 Å². The molecule has 1 aliphatic heterocycles. The van der Waals surface area contributed by atoms with E-state index in [1.165, 1.54) is 6.92 Å². The fourth-order valence-corrected chi connectivity index (χ4v) is 2.24. The number of carbonyl (C=O) groups is 1. The molecule has 0 unspecified atom stereocenters. The Kier molecular flexibility index (Phi) is 4.39. The lowest BCUT2D eigenvalue weighted by Gasteiger charge is -2.33. The van der Waals surface area contributed by atoms with Crippen LogP contribution in [0.2, 0.25) is 0 Å². The van der Waals surface area contributed by atoms with Crippen LogP contribution in [0.15, 0.2) is 24.3 Å². The van der Waals surface area contributed by atoms with Crippen LogP contribution in [0.4, 0.5) is 0 Å². The van der Waals surface area contributed by atoms with Gasteiger partial charge in [-0.3, -0.25) is 4.79 Å². The average molecular weight is 266 g/mol. The number of carbonyl (C=O) groups excluding carboxylic acids is 1. The van der Waals surface area contributed by atoms with Gasteiger partial charge < -0.3 is 19.3 Å². The lowest BCUT2D eigenvalue weighted by molar-refractivity contribution is -0.173. The number of esters is 1. The lowest BCUT2D eigenvalue weighted by atomic mass is 9.97. The Bertz CT molecular complexity index is 445. The summed E-state index contributed by atoms with van der Waals surface area (Å²) in [5, 5.41) is 10.0. The Balaban J connectivity index is 2.07. The molecule has 0 bridgehead atoms. The standard InChI is InChI=1S/C14H18O5/c1-9(15)19-14-8-18-13(7-11(14)16)10-5-3-4-6-12(10)17-2/h3-6,11,13-14,16H,7-8H2,1-2H3/t11-,13+,14-/m0/s1. The lowest BCUT2D eigenvalue weighted by Crippen LogP contribution is -2.41. The van der Waals surface area contributed by atoms with E-state index in [4.69, 9.17) is 14.2 Å². The van der Waals surface area contributed by atoms with E-state index >= 15 is 0 Å². The SMILES string of the molecule is COc1ccccc1[C@H]1C[C@H](O)[C@@H](OC(C)=O)CO1. The van der Waals surface area contributed by atoms with E-state index in [-0.39, 0.29) is 12.7 Å². The molecule has 0 radical (unpaired) electrons. The van der Waals surface area contributed by atoms with Gasteiger partial charge in [0.2, 0.25) is 0 Å². The number of rotatable bonds is 3. The summed E-state index contributed by atoms with van der Waals surface area (Å²) in [6.07, 6.45) is -1.20. The van der Waals surface area contributed by atoms with Gasteiger partial charge in [0.05, 0.1) is 25.9 Å². The number of aliphatic hydroxyl groups excluding tert-OH is 1. The molecule has 5 heteroatoms. The van der Waals surface area contributed by atoms with Gasteiger partial charge in [0.15, 0.2) is 6.10 Å². The highest BCUT2D eigenvalue weighted by atomic mass is 16.6. The van der Waals surface area contributed by atoms with Crippen LogP contribution in [-0.4, -0.2) is 37.0 Å². The van der Waals surface area contributed by atoms with Crippen LogP contribution in [0, 0.1) is 0 Å². The normalized spacial score (nSPS) is 26.8. The molecule has 0 saturated carbocycles. The van der Waals surface area contributed by atoms with Crippen molar-refractivity contribution < 1.29 is 24.1 Å². The summed E-state index contributed by atoms with van der Waals surface area (Å²) in [7, 11) is 1.60. The van der Waals surface area contributed by atoms with Crippen molar-refractivity contribution in [1.82, 2.24) is 0 Å². The van der Waals surface area contributed by atoms with Crippen LogP contribution in [0.3, 0.4) is 0 Å². The number of methoxy groups -OCH3 is 1. The van der Waals surface area contributed by atoms with Gasteiger partial charge in [-0.05, 0) is 6.07 Å². The number of aliphatic hydroxyl groups is 1. The van der Waals surface area contributed by atoms with E-state index in [1.54, 1.807) is 7.11 Å². The van der Waals surface area contributed by atoms with Crippen molar-refractivity contribution in [2.24, 2.45) is 0 Å². The molecule has 1 aromatic rings. The maximum Gasteiger partial charge on any atom is 0.303 e. The van der Waals surface area contributed by atoms with Crippen molar-refractivity contribution in [2.45, 2.75) is 31.7 Å². The summed E-state index contributed by atoms with van der Waals surface area (Å²) < 4.78 is 16.0. The summed E-state index contributed by atoms with van der Waals surface area (Å²) in [6.45, 7) is 1.50. The van der Waals surface area contributed by atoms with Crippen LogP contribution in [0.1, 0.15) is 25.0 Å². The first kappa shape index (κ1) is 13.8. The predicted molar refractivity (Wildman–Crippen MR) is 67.9 cm³/mol. The second-order valence-corrected chi connectivity index (χ2v) is 4.51. The topological polar surface area (TPSA) is 65.0 Å². The Hall–Kier alpha value is -1.59. The van der Waals surface area contributed by atoms with Crippen molar-refractivity contribution in [1.29, 1.82) is 0 Å². The second-order valence-electron chi connectivity index (χ2n) is 4.51. The van der Waals surface area contributed by atoms with Gasteiger partial charge in [0, 0.05) is 18.9 Å². The number of para-hydroxylation sites is 1. The third-order valence-electron chi connectivity index (χ3n) is 3.15. The Morgan fingerprint density at radius 1 is 1.42 bits per heavy atom. The smallest absolute Gasteiger partial charge is 0.303 e. The van der Waals surface area contributed by atoms with Gasteiger partial charge in [-0.2, -0.15) is 0 Å². The first-order chi connectivity index (χ1) is 9.11. The molecule has 3 atom stereocenters. The molecule has 1 heterocycles. The van der Waals surface area contributed by atoms with Gasteiger partial charge in [-0.25, -0.2) is 0 Å². The quantitative estimate of drug-likeness (QED) is 0.839. The minimum atomic E-state index is -0.729. The molecule has 2 rings (SSSR count). The largest absolute Gasteiger partial charge is 0.496 e. The third-order valence-corrected chi connectivity index (χ3v) is 3.15. The molecule has 19 heavy (non-hydrogen) atoms. The van der Waals surface area contributed by atoms with E-state index in [9.17, 15) is 9.90 Å².